The Labute approximate surface area is 221 Å². The molecular weight excluding hydrogens is 533 g/mol. The van der Waals surface area contributed by atoms with E-state index in [0.717, 1.165) is 47.8 Å². The van der Waals surface area contributed by atoms with E-state index in [1.165, 1.54) is 67.0 Å². The molecule has 0 unspecified atom stereocenters. The summed E-state index contributed by atoms with van der Waals surface area (Å²) in [7, 11) is 0. The van der Waals surface area contributed by atoms with Crippen molar-refractivity contribution in [3.63, 3.8) is 0 Å². The smallest absolute Gasteiger partial charge is 0.259 e. The molecule has 2 fully saturated rings. The third-order valence-electron chi connectivity index (χ3n) is 6.39. The summed E-state index contributed by atoms with van der Waals surface area (Å²) in [4.78, 5) is 27.6. The lowest BCUT2D eigenvalue weighted by Gasteiger charge is -2.41. The van der Waals surface area contributed by atoms with Crippen LogP contribution in [0.4, 0.5) is 10.1 Å². The molecule has 6 nitrogen and oxygen atoms in total. The van der Waals surface area contributed by atoms with Crippen LogP contribution in [-0.2, 0) is 0 Å². The average Bonchev–Trinajstić information content (AvgIpc) is 3.47. The first-order valence-corrected chi connectivity index (χ1v) is 14.1. The van der Waals surface area contributed by atoms with E-state index in [1.807, 2.05) is 12.1 Å². The van der Waals surface area contributed by atoms with E-state index >= 15 is 0 Å². The van der Waals surface area contributed by atoms with Crippen molar-refractivity contribution in [3.05, 3.63) is 44.5 Å². The number of amides is 1. The molecule has 4 heterocycles. The maximum Gasteiger partial charge on any atom is 0.259 e. The molecule has 34 heavy (non-hydrogen) atoms. The van der Waals surface area contributed by atoms with Gasteiger partial charge in [0.1, 0.15) is 15.8 Å². The van der Waals surface area contributed by atoms with Crippen LogP contribution < -0.4 is 10.2 Å². The van der Waals surface area contributed by atoms with Gasteiger partial charge in [-0.1, -0.05) is 65.4 Å². The fourth-order valence-electron chi connectivity index (χ4n) is 4.63. The largest absolute Gasteiger partial charge is 0.359 e. The van der Waals surface area contributed by atoms with Crippen LogP contribution in [0.15, 0.2) is 24.4 Å². The highest BCUT2D eigenvalue weighted by Gasteiger charge is 2.28. The molecule has 0 radical (unpaired) electrons. The van der Waals surface area contributed by atoms with E-state index in [-0.39, 0.29) is 16.1 Å². The summed E-state index contributed by atoms with van der Waals surface area (Å²) in [5.74, 6) is -0.329. The number of aromatic nitrogens is 2. The number of nitrogens with one attached hydrogen (secondary N) is 1. The van der Waals surface area contributed by atoms with Gasteiger partial charge in [-0.05, 0) is 31.0 Å². The average molecular weight is 557 g/mol. The highest BCUT2D eigenvalue weighted by molar-refractivity contribution is 7.22. The normalized spacial score (nSPS) is 17.8. The second kappa shape index (κ2) is 10.7. The molecule has 1 aliphatic heterocycles. The zero-order valence-electron chi connectivity index (χ0n) is 18.4. The summed E-state index contributed by atoms with van der Waals surface area (Å²) < 4.78 is 0.712. The first-order chi connectivity index (χ1) is 16.5. The van der Waals surface area contributed by atoms with Gasteiger partial charge in [0.15, 0.2) is 5.13 Å². The zero-order valence-corrected chi connectivity index (χ0v) is 22.3. The molecule has 1 saturated carbocycles. The Morgan fingerprint density at radius 1 is 1.03 bits per heavy atom. The summed E-state index contributed by atoms with van der Waals surface area (Å²) in [5.41, 5.74) is 1.18. The highest BCUT2D eigenvalue weighted by atomic mass is 35.5. The van der Waals surface area contributed by atoms with Crippen LogP contribution in [0.3, 0.4) is 0 Å². The molecule has 1 N–H and O–H groups in total. The van der Waals surface area contributed by atoms with Crippen molar-refractivity contribution < 1.29 is 4.79 Å². The van der Waals surface area contributed by atoms with Crippen LogP contribution in [-0.4, -0.2) is 53.0 Å². The number of carbonyl (C=O) groups is 1. The van der Waals surface area contributed by atoms with Gasteiger partial charge in [0.05, 0.1) is 19.8 Å². The summed E-state index contributed by atoms with van der Waals surface area (Å²) in [5, 5.41) is 4.89. The molecule has 0 bridgehead atoms. The first kappa shape index (κ1) is 24.3. The van der Waals surface area contributed by atoms with Crippen LogP contribution in [0.2, 0.25) is 14.5 Å². The monoisotopic (exact) mass is 555 g/mol. The van der Waals surface area contributed by atoms with E-state index < -0.39 is 0 Å². The molecule has 1 saturated heterocycles. The molecule has 0 atom stereocenters. The third-order valence-corrected chi connectivity index (χ3v) is 9.34. The predicted octanol–water partition coefficient (Wildman–Crippen LogP) is 6.93. The van der Waals surface area contributed by atoms with Gasteiger partial charge in [-0.3, -0.25) is 15.0 Å². The van der Waals surface area contributed by atoms with Crippen molar-refractivity contribution in [2.45, 2.75) is 38.1 Å². The van der Waals surface area contributed by atoms with Gasteiger partial charge >= 0.3 is 0 Å². The van der Waals surface area contributed by atoms with Crippen LogP contribution in [0.1, 0.15) is 42.5 Å². The van der Waals surface area contributed by atoms with E-state index in [2.05, 4.69) is 20.1 Å². The molecule has 3 aromatic heterocycles. The number of hydrogen-bond acceptors (Lipinski definition) is 7. The minimum absolute atomic E-state index is 0.166. The fourth-order valence-corrected chi connectivity index (χ4v) is 7.03. The lowest BCUT2D eigenvalue weighted by Crippen LogP contribution is -2.50. The Morgan fingerprint density at radius 3 is 2.47 bits per heavy atom. The number of halogens is 3. The van der Waals surface area contributed by atoms with Gasteiger partial charge in [-0.2, -0.15) is 0 Å². The van der Waals surface area contributed by atoms with E-state index in [1.54, 1.807) is 0 Å². The van der Waals surface area contributed by atoms with Crippen molar-refractivity contribution in [1.82, 2.24) is 14.9 Å². The molecule has 3 aromatic rings. The number of rotatable bonds is 5. The second-order valence-electron chi connectivity index (χ2n) is 8.54. The Kier molecular flexibility index (Phi) is 7.63. The number of carbonyl (C=O) groups excluding carboxylic acids is 1. The number of thiophene rings is 1. The van der Waals surface area contributed by atoms with Crippen molar-refractivity contribution in [2.75, 3.05) is 36.4 Å². The number of pyridine rings is 1. The number of hydrogen-bond donors (Lipinski definition) is 1. The zero-order chi connectivity index (χ0) is 23.7. The summed E-state index contributed by atoms with van der Waals surface area (Å²) in [6.45, 7) is 3.97. The Hall–Kier alpha value is -1.42. The Bertz CT molecular complexity index is 1170. The van der Waals surface area contributed by atoms with E-state index in [9.17, 15) is 4.79 Å². The predicted molar refractivity (Wildman–Crippen MR) is 143 cm³/mol. The summed E-state index contributed by atoms with van der Waals surface area (Å²) in [6, 6.07) is 6.09. The van der Waals surface area contributed by atoms with Crippen molar-refractivity contribution in [2.24, 2.45) is 0 Å². The summed E-state index contributed by atoms with van der Waals surface area (Å²) in [6.07, 6.45) is 8.11. The lowest BCUT2D eigenvalue weighted by atomic mass is 9.94. The number of anilines is 2. The van der Waals surface area contributed by atoms with Crippen molar-refractivity contribution in [1.29, 1.82) is 0 Å². The Balaban J connectivity index is 1.36. The summed E-state index contributed by atoms with van der Waals surface area (Å²) >= 11 is 21.1. The molecule has 1 amide bonds. The maximum atomic E-state index is 12.8. The van der Waals surface area contributed by atoms with Crippen LogP contribution in [0, 0.1) is 0 Å². The molecule has 2 aliphatic rings. The topological polar surface area (TPSA) is 61.4 Å². The van der Waals surface area contributed by atoms with Gasteiger partial charge in [0.2, 0.25) is 0 Å². The number of thiazole rings is 1. The number of piperazine rings is 1. The van der Waals surface area contributed by atoms with Crippen molar-refractivity contribution >= 4 is 73.5 Å². The first-order valence-electron chi connectivity index (χ1n) is 11.4. The van der Waals surface area contributed by atoms with E-state index in [4.69, 9.17) is 39.8 Å². The van der Waals surface area contributed by atoms with Crippen LogP contribution in [0.25, 0.3) is 10.6 Å². The fraction of sp³-hybridized carbons (Fsp3) is 0.435. The van der Waals surface area contributed by atoms with Gasteiger partial charge in [0.25, 0.3) is 5.91 Å². The van der Waals surface area contributed by atoms with Crippen LogP contribution >= 0.6 is 57.5 Å². The minimum Gasteiger partial charge on any atom is -0.359 e. The van der Waals surface area contributed by atoms with Gasteiger partial charge in [-0.15, -0.1) is 11.3 Å². The lowest BCUT2D eigenvalue weighted by molar-refractivity contribution is 0.102. The van der Waals surface area contributed by atoms with Gasteiger partial charge < -0.3 is 4.90 Å². The second-order valence-corrected chi connectivity index (χ2v) is 12.0. The SMILES string of the molecule is O=C(Nc1nc(-c2ccc(Cl)s2)c(N2CCN(C3CCCCC3)CC2)s1)c1cnc(Cl)c(Cl)c1. The molecule has 11 heteroatoms. The highest BCUT2D eigenvalue weighted by Crippen LogP contribution is 2.42. The standard InChI is InChI=1S/C23H24Cl3N5OS2/c24-16-12-14(13-27-20(16)26)21(32)29-23-28-19(17-6-7-18(25)33-17)22(34-23)31-10-8-30(9-11-31)15-4-2-1-3-5-15/h6-7,12-13,15H,1-5,8-11H2,(H,28,29,32). The molecule has 5 rings (SSSR count). The van der Waals surface area contributed by atoms with E-state index in [0.29, 0.717) is 15.0 Å². The number of nitrogens with zero attached hydrogens (tertiary/aromatic N) is 4. The van der Waals surface area contributed by atoms with Gasteiger partial charge in [0, 0.05) is 38.4 Å². The van der Waals surface area contributed by atoms with Crippen molar-refractivity contribution in [3.8, 4) is 10.6 Å². The molecule has 1 aliphatic carbocycles. The molecule has 0 aromatic carbocycles. The maximum absolute atomic E-state index is 12.8. The van der Waals surface area contributed by atoms with Crippen LogP contribution in [0.5, 0.6) is 0 Å². The molecule has 0 spiro atoms. The minimum atomic E-state index is -0.329. The quantitative estimate of drug-likeness (QED) is 0.345. The third kappa shape index (κ3) is 5.37. The van der Waals surface area contributed by atoms with Gasteiger partial charge in [-0.25, -0.2) is 9.97 Å². The molecular formula is C23H24Cl3N5OS2. The Morgan fingerprint density at radius 2 is 1.79 bits per heavy atom. The molecule has 180 valence electrons.